The summed E-state index contributed by atoms with van der Waals surface area (Å²) in [5.74, 6) is 2.73. The van der Waals surface area contributed by atoms with E-state index < -0.39 is 0 Å². The van der Waals surface area contributed by atoms with Crippen LogP contribution in [0.5, 0.6) is 5.75 Å². The van der Waals surface area contributed by atoms with Gasteiger partial charge in [0.1, 0.15) is 17.4 Å². The molecule has 3 heterocycles. The van der Waals surface area contributed by atoms with Crippen molar-refractivity contribution in [2.45, 2.75) is 25.9 Å². The SMILES string of the molecule is CC[C@@H]1CN2C=NC(N3CCN(C(=O)NCc4cccc(OC)c4)CC3)=CC2=N1. The Morgan fingerprint density at radius 2 is 2.10 bits per heavy atom. The second-order valence-corrected chi connectivity index (χ2v) is 7.43. The van der Waals surface area contributed by atoms with Crippen LogP contribution in [-0.2, 0) is 6.54 Å². The highest BCUT2D eigenvalue weighted by molar-refractivity contribution is 6.03. The Balaban J connectivity index is 1.28. The third-order valence-electron chi connectivity index (χ3n) is 5.54. The smallest absolute Gasteiger partial charge is 0.317 e. The Kier molecular flexibility index (Phi) is 5.69. The maximum Gasteiger partial charge on any atom is 0.317 e. The molecule has 1 aromatic rings. The van der Waals surface area contributed by atoms with Crippen molar-refractivity contribution in [1.29, 1.82) is 0 Å². The number of hydrogen-bond acceptors (Lipinski definition) is 6. The Morgan fingerprint density at radius 3 is 2.86 bits per heavy atom. The van der Waals surface area contributed by atoms with Crippen molar-refractivity contribution in [3.05, 3.63) is 41.7 Å². The molecule has 0 bridgehead atoms. The van der Waals surface area contributed by atoms with Crippen molar-refractivity contribution < 1.29 is 9.53 Å². The third-order valence-corrected chi connectivity index (χ3v) is 5.54. The summed E-state index contributed by atoms with van der Waals surface area (Å²) in [5, 5.41) is 3.00. The summed E-state index contributed by atoms with van der Waals surface area (Å²) in [6.07, 6.45) is 4.99. The number of amides is 2. The van der Waals surface area contributed by atoms with Crippen LogP contribution in [0.4, 0.5) is 4.79 Å². The highest BCUT2D eigenvalue weighted by Crippen LogP contribution is 2.20. The number of rotatable bonds is 5. The van der Waals surface area contributed by atoms with E-state index in [0.29, 0.717) is 25.7 Å². The molecule has 0 aromatic heterocycles. The van der Waals surface area contributed by atoms with Gasteiger partial charge in [-0.3, -0.25) is 4.99 Å². The number of nitrogens with zero attached hydrogens (tertiary/aromatic N) is 5. The lowest BCUT2D eigenvalue weighted by atomic mass is 10.2. The van der Waals surface area contributed by atoms with Gasteiger partial charge in [-0.25, -0.2) is 9.79 Å². The number of amidine groups is 1. The number of nitrogens with one attached hydrogen (secondary N) is 1. The number of hydrogen-bond donors (Lipinski definition) is 1. The molecule has 4 rings (SSSR count). The van der Waals surface area contributed by atoms with Gasteiger partial charge < -0.3 is 24.8 Å². The van der Waals surface area contributed by atoms with Gasteiger partial charge in [-0.2, -0.15) is 0 Å². The summed E-state index contributed by atoms with van der Waals surface area (Å²) in [6.45, 7) is 6.43. The molecular formula is C21H28N6O2. The maximum absolute atomic E-state index is 12.5. The average Bonchev–Trinajstić information content (AvgIpc) is 3.20. The minimum Gasteiger partial charge on any atom is -0.497 e. The van der Waals surface area contributed by atoms with Crippen LogP contribution in [0.1, 0.15) is 18.9 Å². The minimum absolute atomic E-state index is 0.0364. The molecule has 1 atom stereocenters. The van der Waals surface area contributed by atoms with Gasteiger partial charge in [0.25, 0.3) is 0 Å². The zero-order chi connectivity index (χ0) is 20.2. The molecule has 2 amide bonds. The van der Waals surface area contributed by atoms with Gasteiger partial charge >= 0.3 is 6.03 Å². The predicted octanol–water partition coefficient (Wildman–Crippen LogP) is 1.90. The highest BCUT2D eigenvalue weighted by Gasteiger charge is 2.27. The number of piperazine rings is 1. The van der Waals surface area contributed by atoms with Gasteiger partial charge in [-0.05, 0) is 24.1 Å². The first-order valence-corrected chi connectivity index (χ1v) is 10.2. The number of ether oxygens (including phenoxy) is 1. The van der Waals surface area contributed by atoms with E-state index in [1.54, 1.807) is 7.11 Å². The van der Waals surface area contributed by atoms with Gasteiger partial charge in [0, 0.05) is 45.3 Å². The molecule has 154 valence electrons. The van der Waals surface area contributed by atoms with Crippen molar-refractivity contribution in [3.63, 3.8) is 0 Å². The van der Waals surface area contributed by atoms with Crippen molar-refractivity contribution in [2.75, 3.05) is 39.8 Å². The van der Waals surface area contributed by atoms with E-state index in [9.17, 15) is 4.79 Å². The Bertz CT molecular complexity index is 841. The second-order valence-electron chi connectivity index (χ2n) is 7.43. The molecular weight excluding hydrogens is 368 g/mol. The number of carbonyl (C=O) groups excluding carboxylic acids is 1. The van der Waals surface area contributed by atoms with Crippen LogP contribution in [0, 0.1) is 0 Å². The van der Waals surface area contributed by atoms with E-state index in [1.165, 1.54) is 0 Å². The van der Waals surface area contributed by atoms with E-state index >= 15 is 0 Å². The van der Waals surface area contributed by atoms with Crippen LogP contribution in [0.25, 0.3) is 0 Å². The minimum atomic E-state index is -0.0364. The summed E-state index contributed by atoms with van der Waals surface area (Å²) >= 11 is 0. The van der Waals surface area contributed by atoms with Crippen LogP contribution < -0.4 is 10.1 Å². The molecule has 8 heteroatoms. The number of carbonyl (C=O) groups is 1. The van der Waals surface area contributed by atoms with E-state index in [0.717, 1.165) is 49.0 Å². The number of urea groups is 1. The van der Waals surface area contributed by atoms with Crippen LogP contribution in [0.3, 0.4) is 0 Å². The van der Waals surface area contributed by atoms with E-state index in [1.807, 2.05) is 35.5 Å². The van der Waals surface area contributed by atoms with Crippen molar-refractivity contribution in [2.24, 2.45) is 9.98 Å². The Hall–Kier alpha value is -3.03. The molecule has 1 fully saturated rings. The Morgan fingerprint density at radius 1 is 1.28 bits per heavy atom. The van der Waals surface area contributed by atoms with Crippen LogP contribution in [0.2, 0.25) is 0 Å². The number of fused-ring (bicyclic) bond motifs is 1. The summed E-state index contributed by atoms with van der Waals surface area (Å²) in [6, 6.07) is 8.06. The number of methoxy groups -OCH3 is 1. The Labute approximate surface area is 171 Å². The molecule has 0 unspecified atom stereocenters. The van der Waals surface area contributed by atoms with Crippen molar-refractivity contribution >= 4 is 18.2 Å². The molecule has 0 radical (unpaired) electrons. The average molecular weight is 396 g/mol. The van der Waals surface area contributed by atoms with Gasteiger partial charge in [0.2, 0.25) is 0 Å². The highest BCUT2D eigenvalue weighted by atomic mass is 16.5. The standard InChI is InChI=1S/C21H28N6O2/c1-3-17-14-27-15-23-19(12-20(27)24-17)25-7-9-26(10-8-25)21(28)22-13-16-5-4-6-18(11-16)29-2/h4-6,11-12,15,17H,3,7-10,13-14H2,1-2H3,(H,22,28)/t17-/m1/s1. The first-order valence-electron chi connectivity index (χ1n) is 10.2. The number of benzene rings is 1. The third kappa shape index (κ3) is 4.36. The number of aliphatic imine (C=N–C) groups is 2. The zero-order valence-electron chi connectivity index (χ0n) is 17.0. The van der Waals surface area contributed by atoms with E-state index in [4.69, 9.17) is 9.73 Å². The molecule has 3 aliphatic heterocycles. The van der Waals surface area contributed by atoms with Gasteiger partial charge in [-0.15, -0.1) is 0 Å². The summed E-state index contributed by atoms with van der Waals surface area (Å²) in [5.41, 5.74) is 1.02. The molecule has 29 heavy (non-hydrogen) atoms. The van der Waals surface area contributed by atoms with E-state index in [-0.39, 0.29) is 6.03 Å². The first kappa shape index (κ1) is 19.3. The lowest BCUT2D eigenvalue weighted by Crippen LogP contribution is -2.51. The molecule has 0 spiro atoms. The topological polar surface area (TPSA) is 72.8 Å². The summed E-state index contributed by atoms with van der Waals surface area (Å²) in [4.78, 5) is 28.1. The van der Waals surface area contributed by atoms with Crippen molar-refractivity contribution in [3.8, 4) is 5.75 Å². The molecule has 1 aromatic carbocycles. The normalized spacial score (nSPS) is 20.9. The monoisotopic (exact) mass is 396 g/mol. The summed E-state index contributed by atoms with van der Waals surface area (Å²) < 4.78 is 5.23. The molecule has 0 aliphatic carbocycles. The molecule has 0 saturated carbocycles. The molecule has 3 aliphatic rings. The lowest BCUT2D eigenvalue weighted by molar-refractivity contribution is 0.156. The molecule has 8 nitrogen and oxygen atoms in total. The summed E-state index contributed by atoms with van der Waals surface area (Å²) in [7, 11) is 1.64. The molecule has 1 N–H and O–H groups in total. The quantitative estimate of drug-likeness (QED) is 0.825. The van der Waals surface area contributed by atoms with Gasteiger partial charge in [0.05, 0.1) is 19.5 Å². The fourth-order valence-electron chi connectivity index (χ4n) is 3.73. The van der Waals surface area contributed by atoms with Crippen molar-refractivity contribution in [1.82, 2.24) is 20.0 Å². The molecule has 1 saturated heterocycles. The van der Waals surface area contributed by atoms with E-state index in [2.05, 4.69) is 33.1 Å². The van der Waals surface area contributed by atoms with Crippen LogP contribution >= 0.6 is 0 Å². The fourth-order valence-corrected chi connectivity index (χ4v) is 3.73. The van der Waals surface area contributed by atoms with Gasteiger partial charge in [-0.1, -0.05) is 19.1 Å². The van der Waals surface area contributed by atoms with Crippen LogP contribution in [0.15, 0.2) is 46.1 Å². The van der Waals surface area contributed by atoms with Gasteiger partial charge in [0.15, 0.2) is 0 Å². The first-order chi connectivity index (χ1) is 14.2. The predicted molar refractivity (Wildman–Crippen MR) is 113 cm³/mol. The maximum atomic E-state index is 12.5. The lowest BCUT2D eigenvalue weighted by Gasteiger charge is -2.36. The van der Waals surface area contributed by atoms with Crippen LogP contribution in [-0.4, -0.2) is 78.8 Å². The largest absolute Gasteiger partial charge is 0.497 e. The fraction of sp³-hybridized carbons (Fsp3) is 0.476. The second kappa shape index (κ2) is 8.55. The zero-order valence-corrected chi connectivity index (χ0v) is 17.0.